The number of nitrogens with zero attached hydrogens (tertiary/aromatic N) is 3. The summed E-state index contributed by atoms with van der Waals surface area (Å²) in [6.07, 6.45) is 6.97. The van der Waals surface area contributed by atoms with Crippen LogP contribution in [0.15, 0.2) is 29.2 Å². The van der Waals surface area contributed by atoms with Crippen LogP contribution >= 0.6 is 11.9 Å². The van der Waals surface area contributed by atoms with Crippen molar-refractivity contribution in [3.8, 4) is 0 Å². The summed E-state index contributed by atoms with van der Waals surface area (Å²) in [5, 5.41) is 4.40. The molecule has 1 atom stereocenters. The number of aromatic nitrogens is 1. The van der Waals surface area contributed by atoms with Gasteiger partial charge in [0.1, 0.15) is 18.4 Å². The second-order valence-corrected chi connectivity index (χ2v) is 12.7. The maximum absolute atomic E-state index is 9.93. The van der Waals surface area contributed by atoms with E-state index in [2.05, 4.69) is 65.0 Å². The quantitative estimate of drug-likeness (QED) is 0.386. The Bertz CT molecular complexity index is 1110. The molecule has 1 aliphatic heterocycles. The standard InChI is InChI=1S/C20H29N5S.C5H6O.C4H8O/c1-14-13-25(10-9-24(14)4)18-12-15(26-23-20(2)7-8-20)11-17-16(18)5-6-19(21-3)22-17;6-3-5-1-4(5)2-5;1-4(2)3-5/h5-6,11-12,14,23H,7-10,13H2,1-4H3,(H,21,22);3-4H,1-2H2;3-4H,1-2H3. The first-order valence-corrected chi connectivity index (χ1v) is 14.4. The molecule has 0 radical (unpaired) electrons. The van der Waals surface area contributed by atoms with Crippen LogP contribution in [0.2, 0.25) is 0 Å². The van der Waals surface area contributed by atoms with Gasteiger partial charge in [0.15, 0.2) is 0 Å². The SMILES string of the molecule is CC(C)C=O.CNc1ccc2c(N3CCN(C)C(C)C3)cc(SNC3(C)CC3)cc2n1.O=CC12CC1C2. The summed E-state index contributed by atoms with van der Waals surface area (Å²) in [6, 6.07) is 9.38. The number of carbonyl (C=O) groups excluding carboxylic acids is 2. The molecule has 1 saturated heterocycles. The number of aldehydes is 2. The molecule has 37 heavy (non-hydrogen) atoms. The molecule has 2 N–H and O–H groups in total. The molecule has 202 valence electrons. The van der Waals surface area contributed by atoms with E-state index in [0.717, 1.165) is 49.5 Å². The third kappa shape index (κ3) is 7.03. The number of carbonyl (C=O) groups is 2. The molecule has 8 heteroatoms. The minimum absolute atomic E-state index is 0.204. The smallest absolute Gasteiger partial charge is 0.126 e. The van der Waals surface area contributed by atoms with Crippen molar-refractivity contribution in [1.29, 1.82) is 0 Å². The molecular formula is C29H43N5O2S. The molecule has 2 aromatic rings. The predicted molar refractivity (Wildman–Crippen MR) is 154 cm³/mol. The van der Waals surface area contributed by atoms with Gasteiger partial charge in [-0.15, -0.1) is 0 Å². The molecule has 4 fully saturated rings. The van der Waals surface area contributed by atoms with Gasteiger partial charge >= 0.3 is 0 Å². The number of fused-ring (bicyclic) bond motifs is 2. The highest BCUT2D eigenvalue weighted by Gasteiger charge is 2.69. The van der Waals surface area contributed by atoms with Gasteiger partial charge in [-0.05, 0) is 88.7 Å². The van der Waals surface area contributed by atoms with Crippen molar-refractivity contribution >= 4 is 46.9 Å². The van der Waals surface area contributed by atoms with Crippen molar-refractivity contribution in [3.05, 3.63) is 24.3 Å². The van der Waals surface area contributed by atoms with Gasteiger partial charge in [-0.3, -0.25) is 4.72 Å². The van der Waals surface area contributed by atoms with Crippen LogP contribution in [0.4, 0.5) is 11.5 Å². The van der Waals surface area contributed by atoms with E-state index < -0.39 is 0 Å². The van der Waals surface area contributed by atoms with Crippen LogP contribution in [0.5, 0.6) is 0 Å². The summed E-state index contributed by atoms with van der Waals surface area (Å²) in [7, 11) is 4.14. The van der Waals surface area contributed by atoms with Gasteiger partial charge < -0.3 is 24.7 Å². The number of benzene rings is 1. The van der Waals surface area contributed by atoms with Gasteiger partial charge in [0.05, 0.1) is 5.52 Å². The van der Waals surface area contributed by atoms with Crippen molar-refractivity contribution in [2.24, 2.45) is 17.3 Å². The first kappa shape index (κ1) is 27.9. The minimum Gasteiger partial charge on any atom is -0.373 e. The lowest BCUT2D eigenvalue weighted by Gasteiger charge is -2.39. The molecule has 3 aliphatic carbocycles. The van der Waals surface area contributed by atoms with E-state index in [-0.39, 0.29) is 11.3 Å². The topological polar surface area (TPSA) is 77.6 Å². The Balaban J connectivity index is 0.000000239. The van der Waals surface area contributed by atoms with Gasteiger partial charge in [0, 0.05) is 65.6 Å². The first-order valence-electron chi connectivity index (χ1n) is 13.6. The number of anilines is 2. The van der Waals surface area contributed by atoms with E-state index >= 15 is 0 Å². The molecule has 1 aromatic heterocycles. The Kier molecular flexibility index (Phi) is 8.51. The fourth-order valence-electron chi connectivity index (χ4n) is 4.32. The van der Waals surface area contributed by atoms with Gasteiger partial charge in [0.25, 0.3) is 0 Å². The molecule has 6 rings (SSSR count). The maximum atomic E-state index is 9.93. The normalized spacial score (nSPS) is 26.7. The lowest BCUT2D eigenvalue weighted by Crippen LogP contribution is -2.50. The summed E-state index contributed by atoms with van der Waals surface area (Å²) < 4.78 is 3.64. The van der Waals surface area contributed by atoms with E-state index in [4.69, 9.17) is 4.98 Å². The van der Waals surface area contributed by atoms with E-state index in [9.17, 15) is 9.59 Å². The fraction of sp³-hybridized carbons (Fsp3) is 0.621. The van der Waals surface area contributed by atoms with Crippen molar-refractivity contribution in [1.82, 2.24) is 14.6 Å². The van der Waals surface area contributed by atoms with Crippen LogP contribution in [0, 0.1) is 17.3 Å². The third-order valence-electron chi connectivity index (χ3n) is 7.98. The molecule has 7 nitrogen and oxygen atoms in total. The Morgan fingerprint density at radius 2 is 1.84 bits per heavy atom. The number of rotatable bonds is 7. The van der Waals surface area contributed by atoms with E-state index in [0.29, 0.717) is 11.6 Å². The molecule has 1 unspecified atom stereocenters. The largest absolute Gasteiger partial charge is 0.373 e. The minimum atomic E-state index is 0.204. The zero-order chi connectivity index (χ0) is 26.8. The number of hydrogen-bond donors (Lipinski definition) is 2. The highest BCUT2D eigenvalue weighted by Crippen LogP contribution is 2.73. The first-order chi connectivity index (χ1) is 17.6. The van der Waals surface area contributed by atoms with E-state index in [1.54, 1.807) is 11.9 Å². The van der Waals surface area contributed by atoms with Gasteiger partial charge in [-0.1, -0.05) is 13.8 Å². The maximum Gasteiger partial charge on any atom is 0.126 e. The van der Waals surface area contributed by atoms with Gasteiger partial charge in [0.2, 0.25) is 0 Å². The zero-order valence-corrected chi connectivity index (χ0v) is 24.0. The number of piperazine rings is 1. The highest BCUT2D eigenvalue weighted by atomic mass is 32.2. The third-order valence-corrected chi connectivity index (χ3v) is 9.05. The number of pyridine rings is 1. The molecule has 0 amide bonds. The van der Waals surface area contributed by atoms with Crippen LogP contribution < -0.4 is 14.9 Å². The van der Waals surface area contributed by atoms with Crippen LogP contribution in [-0.2, 0) is 9.59 Å². The average molecular weight is 526 g/mol. The molecule has 2 heterocycles. The predicted octanol–water partition coefficient (Wildman–Crippen LogP) is 5.00. The Labute approximate surface area is 226 Å². The molecule has 3 saturated carbocycles. The second kappa shape index (κ2) is 11.3. The van der Waals surface area contributed by atoms with Gasteiger partial charge in [-0.2, -0.15) is 0 Å². The van der Waals surface area contributed by atoms with Crippen LogP contribution in [-0.4, -0.2) is 67.8 Å². The Morgan fingerprint density at radius 3 is 2.32 bits per heavy atom. The summed E-state index contributed by atoms with van der Waals surface area (Å²) >= 11 is 1.75. The second-order valence-electron chi connectivity index (χ2n) is 11.8. The summed E-state index contributed by atoms with van der Waals surface area (Å²) in [5.41, 5.74) is 2.96. The van der Waals surface area contributed by atoms with E-state index in [1.807, 2.05) is 20.9 Å². The monoisotopic (exact) mass is 525 g/mol. The summed E-state index contributed by atoms with van der Waals surface area (Å²) in [6.45, 7) is 11.5. The highest BCUT2D eigenvalue weighted by molar-refractivity contribution is 7.97. The van der Waals surface area contributed by atoms with Crippen molar-refractivity contribution in [2.75, 3.05) is 43.9 Å². The van der Waals surface area contributed by atoms with Crippen molar-refractivity contribution < 1.29 is 9.59 Å². The van der Waals surface area contributed by atoms with Crippen molar-refractivity contribution in [2.45, 2.75) is 69.9 Å². The molecule has 1 aromatic carbocycles. The number of nitrogens with one attached hydrogen (secondary N) is 2. The van der Waals surface area contributed by atoms with E-state index in [1.165, 1.54) is 41.7 Å². The summed E-state index contributed by atoms with van der Waals surface area (Å²) in [4.78, 5) is 30.5. The van der Waals surface area contributed by atoms with Crippen LogP contribution in [0.25, 0.3) is 10.9 Å². The molecular weight excluding hydrogens is 482 g/mol. The number of likely N-dealkylation sites (N-methyl/N-ethyl adjacent to an activating group) is 1. The molecule has 0 bridgehead atoms. The summed E-state index contributed by atoms with van der Waals surface area (Å²) in [5.74, 6) is 1.96. The number of hydrogen-bond acceptors (Lipinski definition) is 8. The van der Waals surface area contributed by atoms with Gasteiger partial charge in [-0.25, -0.2) is 4.98 Å². The molecule has 4 aliphatic rings. The Hall–Kier alpha value is -2.16. The fourth-order valence-corrected chi connectivity index (χ4v) is 5.23. The van der Waals surface area contributed by atoms with Crippen LogP contribution in [0.1, 0.15) is 53.4 Å². The lowest BCUT2D eigenvalue weighted by atomic mass is 10.1. The zero-order valence-electron chi connectivity index (χ0n) is 23.2. The average Bonchev–Trinajstić information content (AvgIpc) is 3.82. The lowest BCUT2D eigenvalue weighted by molar-refractivity contribution is -0.111. The molecule has 0 spiro atoms. The van der Waals surface area contributed by atoms with Crippen LogP contribution in [0.3, 0.4) is 0 Å². The Morgan fingerprint density at radius 1 is 1.16 bits per heavy atom. The van der Waals surface area contributed by atoms with Crippen molar-refractivity contribution in [3.63, 3.8) is 0 Å².